The Kier molecular flexibility index (Phi) is 3.29. The molecule has 0 fully saturated rings. The highest BCUT2D eigenvalue weighted by molar-refractivity contribution is 9.10. The summed E-state index contributed by atoms with van der Waals surface area (Å²) in [6, 6.07) is 2.76. The molecule has 0 aliphatic carbocycles. The summed E-state index contributed by atoms with van der Waals surface area (Å²) in [5.74, 6) is 0. The van der Waals surface area contributed by atoms with Gasteiger partial charge in [0.05, 0.1) is 16.4 Å². The zero-order valence-corrected chi connectivity index (χ0v) is 10.1. The van der Waals surface area contributed by atoms with E-state index in [4.69, 9.17) is 0 Å². The van der Waals surface area contributed by atoms with Gasteiger partial charge in [0, 0.05) is 18.6 Å². The molecule has 2 aromatic rings. The fraction of sp³-hybridized carbons (Fsp3) is 0. The first-order valence-corrected chi connectivity index (χ1v) is 5.42. The Bertz CT molecular complexity index is 597. The molecule has 0 aromatic carbocycles. The van der Waals surface area contributed by atoms with Gasteiger partial charge in [0.15, 0.2) is 0 Å². The van der Waals surface area contributed by atoms with E-state index in [9.17, 15) is 9.59 Å². The van der Waals surface area contributed by atoms with E-state index in [-0.39, 0.29) is 0 Å². The van der Waals surface area contributed by atoms with Crippen molar-refractivity contribution >= 4 is 27.6 Å². The molecule has 0 radical (unpaired) electrons. The fourth-order valence-corrected chi connectivity index (χ4v) is 1.46. The van der Waals surface area contributed by atoms with Crippen LogP contribution in [-0.4, -0.2) is 20.6 Å². The minimum absolute atomic E-state index is 0.504. The maximum Gasteiger partial charge on any atom is 0.355 e. The quantitative estimate of drug-likeness (QED) is 0.864. The summed E-state index contributed by atoms with van der Waals surface area (Å²) < 4.78 is 1.41. The average Bonchev–Trinajstić information content (AvgIpc) is 2.33. The lowest BCUT2D eigenvalue weighted by Gasteiger charge is -2.05. The first-order valence-electron chi connectivity index (χ1n) is 4.62. The molecule has 2 aromatic heterocycles. The Hall–Kier alpha value is -2.02. The third-order valence-electron chi connectivity index (χ3n) is 1.89. The predicted octanol–water partition coefficient (Wildman–Crippen LogP) is 1.48. The number of carbonyl (C=O) groups is 1. The first kappa shape index (κ1) is 11.5. The Balaban J connectivity index is 2.26. The number of rotatable bonds is 1. The van der Waals surface area contributed by atoms with Gasteiger partial charge in [0.25, 0.3) is 0 Å². The summed E-state index contributed by atoms with van der Waals surface area (Å²) in [7, 11) is 0. The predicted molar refractivity (Wildman–Crippen MR) is 64.9 cm³/mol. The van der Waals surface area contributed by atoms with E-state index in [0.717, 1.165) is 4.57 Å². The summed E-state index contributed by atoms with van der Waals surface area (Å²) in [5.41, 5.74) is -0.140. The maximum atomic E-state index is 11.8. The van der Waals surface area contributed by atoms with Crippen LogP contribution in [0.5, 0.6) is 0 Å². The van der Waals surface area contributed by atoms with Crippen LogP contribution in [0.1, 0.15) is 0 Å². The number of halogens is 1. The van der Waals surface area contributed by atoms with Gasteiger partial charge in [-0.15, -0.1) is 0 Å². The van der Waals surface area contributed by atoms with Crippen molar-refractivity contribution in [3.8, 4) is 0 Å². The van der Waals surface area contributed by atoms with E-state index >= 15 is 0 Å². The second-order valence-corrected chi connectivity index (χ2v) is 4.01. The Morgan fingerprint density at radius 2 is 2.24 bits per heavy atom. The lowest BCUT2D eigenvalue weighted by atomic mass is 10.4. The van der Waals surface area contributed by atoms with Crippen molar-refractivity contribution in [2.24, 2.45) is 0 Å². The van der Waals surface area contributed by atoms with E-state index < -0.39 is 11.7 Å². The molecule has 7 heteroatoms. The van der Waals surface area contributed by atoms with Gasteiger partial charge in [-0.2, -0.15) is 4.98 Å². The molecule has 86 valence electrons. The third-order valence-corrected chi connectivity index (χ3v) is 2.30. The number of anilines is 1. The molecule has 0 aliphatic heterocycles. The molecule has 0 aliphatic rings. The molecular weight excluding hydrogens is 288 g/mol. The number of pyridine rings is 1. The number of hydrogen-bond donors (Lipinski definition) is 1. The second kappa shape index (κ2) is 4.88. The van der Waals surface area contributed by atoms with Crippen LogP contribution in [0.4, 0.5) is 10.5 Å². The zero-order valence-electron chi connectivity index (χ0n) is 8.50. The molecule has 1 amide bonds. The third kappa shape index (κ3) is 2.76. The number of hydrogen-bond acceptors (Lipinski definition) is 4. The molecule has 0 unspecified atom stereocenters. The van der Waals surface area contributed by atoms with Crippen molar-refractivity contribution in [2.75, 3.05) is 5.32 Å². The van der Waals surface area contributed by atoms with Gasteiger partial charge in [-0.3, -0.25) is 4.98 Å². The van der Waals surface area contributed by atoms with Crippen LogP contribution in [0.2, 0.25) is 0 Å². The van der Waals surface area contributed by atoms with E-state index in [1.807, 2.05) is 0 Å². The molecule has 17 heavy (non-hydrogen) atoms. The number of nitrogens with zero attached hydrogens (tertiary/aromatic N) is 3. The minimum Gasteiger partial charge on any atom is -0.306 e. The highest BCUT2D eigenvalue weighted by Crippen LogP contribution is 2.05. The smallest absolute Gasteiger partial charge is 0.306 e. The summed E-state index contributed by atoms with van der Waals surface area (Å²) in [6.07, 6.45) is 5.74. The number of carbonyl (C=O) groups excluding carboxylic acids is 1. The Labute approximate surface area is 104 Å². The van der Waals surface area contributed by atoms with E-state index in [0.29, 0.717) is 10.2 Å². The largest absolute Gasteiger partial charge is 0.355 e. The summed E-state index contributed by atoms with van der Waals surface area (Å²) in [5, 5.41) is 2.53. The molecule has 0 atom stereocenters. The monoisotopic (exact) mass is 294 g/mol. The standard InChI is InChI=1S/C10H7BrN4O2/c11-7-4-13-9(16)15(6-7)10(17)14-8-2-1-3-12-5-8/h1-6H,(H,14,17). The van der Waals surface area contributed by atoms with Gasteiger partial charge in [-0.05, 0) is 28.1 Å². The van der Waals surface area contributed by atoms with Gasteiger partial charge in [0.2, 0.25) is 0 Å². The molecule has 0 spiro atoms. The average molecular weight is 295 g/mol. The molecule has 0 saturated heterocycles. The van der Waals surface area contributed by atoms with Crippen molar-refractivity contribution in [3.63, 3.8) is 0 Å². The van der Waals surface area contributed by atoms with Gasteiger partial charge in [-0.25, -0.2) is 14.2 Å². The highest BCUT2D eigenvalue weighted by Gasteiger charge is 2.08. The van der Waals surface area contributed by atoms with E-state index in [1.54, 1.807) is 18.3 Å². The summed E-state index contributed by atoms with van der Waals surface area (Å²) >= 11 is 3.14. The van der Waals surface area contributed by atoms with Crippen LogP contribution in [0, 0.1) is 0 Å². The van der Waals surface area contributed by atoms with Crippen LogP contribution < -0.4 is 11.0 Å². The molecule has 1 N–H and O–H groups in total. The van der Waals surface area contributed by atoms with Gasteiger partial charge in [0.1, 0.15) is 0 Å². The van der Waals surface area contributed by atoms with Crippen LogP contribution in [-0.2, 0) is 0 Å². The maximum absolute atomic E-state index is 11.8. The molecule has 2 rings (SSSR count). The Morgan fingerprint density at radius 1 is 1.41 bits per heavy atom. The minimum atomic E-state index is -0.644. The number of nitrogens with one attached hydrogen (secondary N) is 1. The molecule has 2 heterocycles. The summed E-state index contributed by atoms with van der Waals surface area (Å²) in [4.78, 5) is 30.5. The van der Waals surface area contributed by atoms with Gasteiger partial charge >= 0.3 is 11.7 Å². The van der Waals surface area contributed by atoms with Crippen molar-refractivity contribution in [2.45, 2.75) is 0 Å². The lowest BCUT2D eigenvalue weighted by molar-refractivity contribution is 0.252. The second-order valence-electron chi connectivity index (χ2n) is 3.10. The van der Waals surface area contributed by atoms with Crippen LogP contribution in [0.25, 0.3) is 0 Å². The highest BCUT2D eigenvalue weighted by atomic mass is 79.9. The van der Waals surface area contributed by atoms with Crippen LogP contribution in [0.3, 0.4) is 0 Å². The molecule has 0 bridgehead atoms. The van der Waals surface area contributed by atoms with Gasteiger partial charge < -0.3 is 5.32 Å². The van der Waals surface area contributed by atoms with E-state index in [1.165, 1.54) is 18.6 Å². The van der Waals surface area contributed by atoms with Crippen molar-refractivity contribution in [1.82, 2.24) is 14.5 Å². The van der Waals surface area contributed by atoms with Gasteiger partial charge in [-0.1, -0.05) is 0 Å². The normalized spacial score (nSPS) is 9.94. The SMILES string of the molecule is O=C(Nc1cccnc1)n1cc(Br)cnc1=O. The van der Waals surface area contributed by atoms with Crippen molar-refractivity contribution in [3.05, 3.63) is 51.9 Å². The lowest BCUT2D eigenvalue weighted by Crippen LogP contribution is -2.32. The van der Waals surface area contributed by atoms with Crippen LogP contribution in [0.15, 0.2) is 46.2 Å². The molecular formula is C10H7BrN4O2. The molecule has 6 nitrogen and oxygen atoms in total. The topological polar surface area (TPSA) is 76.9 Å². The fourth-order valence-electron chi connectivity index (χ4n) is 1.16. The Morgan fingerprint density at radius 3 is 2.94 bits per heavy atom. The summed E-state index contributed by atoms with van der Waals surface area (Å²) in [6.45, 7) is 0. The van der Waals surface area contributed by atoms with Crippen molar-refractivity contribution < 1.29 is 4.79 Å². The van der Waals surface area contributed by atoms with Crippen molar-refractivity contribution in [1.29, 1.82) is 0 Å². The molecule has 0 saturated carbocycles. The van der Waals surface area contributed by atoms with Crippen LogP contribution >= 0.6 is 15.9 Å². The van der Waals surface area contributed by atoms with E-state index in [2.05, 4.69) is 31.2 Å². The number of amides is 1. The zero-order chi connectivity index (χ0) is 12.3. The first-order chi connectivity index (χ1) is 8.16. The number of aromatic nitrogens is 3.